The Kier molecular flexibility index (Phi) is 8.76. The number of amides is 2. The normalized spacial score (nSPS) is 14.4. The van der Waals surface area contributed by atoms with Crippen molar-refractivity contribution in [2.24, 2.45) is 0 Å². The summed E-state index contributed by atoms with van der Waals surface area (Å²) in [5.74, 6) is -2.65. The molecule has 0 aromatic heterocycles. The third-order valence-corrected chi connectivity index (χ3v) is 6.17. The van der Waals surface area contributed by atoms with Crippen LogP contribution in [0.25, 0.3) is 0 Å². The molecule has 4 rings (SSSR count). The van der Waals surface area contributed by atoms with E-state index in [0.717, 1.165) is 51.4 Å². The average Bonchev–Trinajstić information content (AvgIpc) is 2.87. The third-order valence-electron chi connectivity index (χ3n) is 6.17. The molecule has 6 nitrogen and oxygen atoms in total. The summed E-state index contributed by atoms with van der Waals surface area (Å²) in [6, 6.07) is 21.0. The Balaban J connectivity index is 1.16. The fourth-order valence-corrected chi connectivity index (χ4v) is 4.18. The summed E-state index contributed by atoms with van der Waals surface area (Å²) in [5, 5.41) is 5.28. The number of piperazine rings is 1. The van der Waals surface area contributed by atoms with E-state index in [-0.39, 0.29) is 24.4 Å². The smallest absolute Gasteiger partial charge is 0.254 e. The number of rotatable bonds is 9. The lowest BCUT2D eigenvalue weighted by Crippen LogP contribution is -2.45. The molecule has 188 valence electrons. The molecule has 0 radical (unpaired) electrons. The second-order valence-corrected chi connectivity index (χ2v) is 8.91. The van der Waals surface area contributed by atoms with Crippen LogP contribution in [0.15, 0.2) is 72.8 Å². The van der Waals surface area contributed by atoms with E-state index in [9.17, 15) is 18.4 Å². The van der Waals surface area contributed by atoms with E-state index in [1.54, 1.807) is 0 Å². The summed E-state index contributed by atoms with van der Waals surface area (Å²) >= 11 is 0. The number of carbonyl (C=O) groups is 2. The van der Waals surface area contributed by atoms with E-state index in [2.05, 4.69) is 44.7 Å². The van der Waals surface area contributed by atoms with Gasteiger partial charge in [0, 0.05) is 64.0 Å². The van der Waals surface area contributed by atoms with Gasteiger partial charge in [0.2, 0.25) is 5.91 Å². The molecule has 0 bridgehead atoms. The van der Waals surface area contributed by atoms with Gasteiger partial charge in [0.1, 0.15) is 11.6 Å². The van der Waals surface area contributed by atoms with Gasteiger partial charge in [0.25, 0.3) is 5.91 Å². The van der Waals surface area contributed by atoms with Crippen LogP contribution >= 0.6 is 0 Å². The summed E-state index contributed by atoms with van der Waals surface area (Å²) in [5.41, 5.74) is 2.93. The molecule has 0 saturated carbocycles. The molecule has 1 aliphatic heterocycles. The van der Waals surface area contributed by atoms with Crippen LogP contribution in [0, 0.1) is 11.6 Å². The number of benzene rings is 3. The van der Waals surface area contributed by atoms with Crippen LogP contribution in [0.2, 0.25) is 0 Å². The fourth-order valence-electron chi connectivity index (χ4n) is 4.18. The molecule has 0 aliphatic carbocycles. The molecule has 1 heterocycles. The highest BCUT2D eigenvalue weighted by molar-refractivity contribution is 5.95. The maximum absolute atomic E-state index is 13.7. The zero-order chi connectivity index (χ0) is 25.3. The van der Waals surface area contributed by atoms with Gasteiger partial charge in [-0.1, -0.05) is 42.5 Å². The molecule has 3 aromatic carbocycles. The number of halogens is 2. The zero-order valence-electron chi connectivity index (χ0n) is 20.1. The molecule has 36 heavy (non-hydrogen) atoms. The van der Waals surface area contributed by atoms with Crippen LogP contribution in [0.1, 0.15) is 27.9 Å². The first-order valence-electron chi connectivity index (χ1n) is 12.1. The Bertz CT molecular complexity index is 1160. The highest BCUT2D eigenvalue weighted by Gasteiger charge is 2.17. The highest BCUT2D eigenvalue weighted by atomic mass is 19.1. The molecule has 0 unspecified atom stereocenters. The van der Waals surface area contributed by atoms with Crippen LogP contribution in [0.5, 0.6) is 0 Å². The SMILES string of the molecule is O=C(CCNC(=O)c1ccc(F)cc1F)Nc1ccc(CN2CCN(Cc3ccccc3)CC2)cc1. The topological polar surface area (TPSA) is 64.7 Å². The van der Waals surface area contributed by atoms with Gasteiger partial charge in [0.15, 0.2) is 0 Å². The van der Waals surface area contributed by atoms with Crippen molar-refractivity contribution in [3.05, 3.63) is 101 Å². The van der Waals surface area contributed by atoms with Crippen LogP contribution in [0.4, 0.5) is 14.5 Å². The Morgan fingerprint density at radius 1 is 0.778 bits per heavy atom. The van der Waals surface area contributed by atoms with Crippen LogP contribution < -0.4 is 10.6 Å². The minimum Gasteiger partial charge on any atom is -0.351 e. The Labute approximate surface area is 209 Å². The van der Waals surface area contributed by atoms with Crippen molar-refractivity contribution in [2.75, 3.05) is 38.0 Å². The quantitative estimate of drug-likeness (QED) is 0.473. The van der Waals surface area contributed by atoms with E-state index >= 15 is 0 Å². The van der Waals surface area contributed by atoms with Crippen LogP contribution in [-0.4, -0.2) is 54.3 Å². The lowest BCUT2D eigenvalue weighted by Gasteiger charge is -2.34. The molecule has 2 amide bonds. The third kappa shape index (κ3) is 7.44. The van der Waals surface area contributed by atoms with Gasteiger partial charge in [-0.25, -0.2) is 8.78 Å². The van der Waals surface area contributed by atoms with Gasteiger partial charge in [-0.3, -0.25) is 19.4 Å². The summed E-state index contributed by atoms with van der Waals surface area (Å²) in [4.78, 5) is 29.1. The zero-order valence-corrected chi connectivity index (χ0v) is 20.1. The minimum absolute atomic E-state index is 0.0313. The van der Waals surface area contributed by atoms with E-state index in [1.807, 2.05) is 30.3 Å². The average molecular weight is 493 g/mol. The first-order valence-corrected chi connectivity index (χ1v) is 12.1. The van der Waals surface area contributed by atoms with Crippen molar-refractivity contribution in [1.82, 2.24) is 15.1 Å². The monoisotopic (exact) mass is 492 g/mol. The number of nitrogens with one attached hydrogen (secondary N) is 2. The second kappa shape index (κ2) is 12.4. The number of hydrogen-bond donors (Lipinski definition) is 2. The van der Waals surface area contributed by atoms with E-state index < -0.39 is 17.5 Å². The second-order valence-electron chi connectivity index (χ2n) is 8.91. The van der Waals surface area contributed by atoms with E-state index in [1.165, 1.54) is 11.1 Å². The van der Waals surface area contributed by atoms with Crippen LogP contribution in [-0.2, 0) is 17.9 Å². The predicted octanol–water partition coefficient (Wildman–Crippen LogP) is 4.04. The van der Waals surface area contributed by atoms with Gasteiger partial charge in [-0.2, -0.15) is 0 Å². The van der Waals surface area contributed by atoms with Gasteiger partial charge >= 0.3 is 0 Å². The van der Waals surface area contributed by atoms with Crippen molar-refractivity contribution >= 4 is 17.5 Å². The van der Waals surface area contributed by atoms with Crippen molar-refractivity contribution in [2.45, 2.75) is 19.5 Å². The summed E-state index contributed by atoms with van der Waals surface area (Å²) in [7, 11) is 0. The molecule has 2 N–H and O–H groups in total. The molecule has 3 aromatic rings. The highest BCUT2D eigenvalue weighted by Crippen LogP contribution is 2.15. The summed E-state index contributed by atoms with van der Waals surface area (Å²) < 4.78 is 26.6. The molecule has 1 aliphatic rings. The molecule has 1 fully saturated rings. The van der Waals surface area contributed by atoms with Gasteiger partial charge in [0.05, 0.1) is 5.56 Å². The Hall–Kier alpha value is -3.62. The number of carbonyl (C=O) groups excluding carboxylic acids is 2. The first kappa shape index (κ1) is 25.5. The van der Waals surface area contributed by atoms with Crippen molar-refractivity contribution in [1.29, 1.82) is 0 Å². The van der Waals surface area contributed by atoms with Crippen molar-refractivity contribution in [3.8, 4) is 0 Å². The standard InChI is InChI=1S/C28H30F2N4O2/c29-23-8-11-25(26(30)18-23)28(36)31-13-12-27(35)32-24-9-6-22(7-10-24)20-34-16-14-33(15-17-34)19-21-4-2-1-3-5-21/h1-11,18H,12-17,19-20H2,(H,31,36)(H,32,35). The molecular weight excluding hydrogens is 462 g/mol. The first-order chi connectivity index (χ1) is 17.5. The lowest BCUT2D eigenvalue weighted by molar-refractivity contribution is -0.116. The van der Waals surface area contributed by atoms with Gasteiger partial charge < -0.3 is 10.6 Å². The molecule has 0 spiro atoms. The molecular formula is C28H30F2N4O2. The van der Waals surface area contributed by atoms with Crippen LogP contribution in [0.3, 0.4) is 0 Å². The summed E-state index contributed by atoms with van der Waals surface area (Å²) in [6.45, 7) is 5.98. The number of hydrogen-bond acceptors (Lipinski definition) is 4. The minimum atomic E-state index is -0.939. The summed E-state index contributed by atoms with van der Waals surface area (Å²) in [6.07, 6.45) is 0.0313. The Morgan fingerprint density at radius 2 is 1.39 bits per heavy atom. The van der Waals surface area contributed by atoms with Gasteiger partial charge in [-0.05, 0) is 35.4 Å². The van der Waals surface area contributed by atoms with Gasteiger partial charge in [-0.15, -0.1) is 0 Å². The number of anilines is 1. The largest absolute Gasteiger partial charge is 0.351 e. The van der Waals surface area contributed by atoms with Crippen molar-refractivity contribution in [3.63, 3.8) is 0 Å². The Morgan fingerprint density at radius 3 is 2.00 bits per heavy atom. The maximum atomic E-state index is 13.7. The van der Waals surface area contributed by atoms with E-state index in [0.29, 0.717) is 11.8 Å². The van der Waals surface area contributed by atoms with E-state index in [4.69, 9.17) is 0 Å². The molecule has 8 heteroatoms. The lowest BCUT2D eigenvalue weighted by atomic mass is 10.1. The fraction of sp³-hybridized carbons (Fsp3) is 0.286. The molecule has 1 saturated heterocycles. The molecule has 0 atom stereocenters. The maximum Gasteiger partial charge on any atom is 0.254 e. The van der Waals surface area contributed by atoms with Crippen molar-refractivity contribution < 1.29 is 18.4 Å². The predicted molar refractivity (Wildman–Crippen MR) is 135 cm³/mol. The number of nitrogens with zero attached hydrogens (tertiary/aromatic N) is 2.